The molecule has 0 aromatic heterocycles. The average Bonchev–Trinajstić information content (AvgIpc) is 2.16. The summed E-state index contributed by atoms with van der Waals surface area (Å²) in [6.45, 7) is 1.86. The quantitative estimate of drug-likeness (QED) is 0.430. The lowest BCUT2D eigenvalue weighted by molar-refractivity contribution is -0.113. The number of Topliss-reactive ketones (excluding diaryl/α,β-unsaturated/α-hetero) is 1. The summed E-state index contributed by atoms with van der Waals surface area (Å²) in [5, 5.41) is 0. The summed E-state index contributed by atoms with van der Waals surface area (Å²) in [5.41, 5.74) is 0. The van der Waals surface area contributed by atoms with Crippen molar-refractivity contribution in [3.63, 3.8) is 0 Å². The van der Waals surface area contributed by atoms with Crippen molar-refractivity contribution in [3.05, 3.63) is 0 Å². The van der Waals surface area contributed by atoms with Crippen LogP contribution in [-0.4, -0.2) is 5.78 Å². The van der Waals surface area contributed by atoms with Crippen LogP contribution in [0.3, 0.4) is 0 Å². The lowest BCUT2D eigenvalue weighted by Gasteiger charge is -2.15. The van der Waals surface area contributed by atoms with Crippen molar-refractivity contribution < 1.29 is 4.79 Å². The summed E-state index contributed by atoms with van der Waals surface area (Å²) >= 11 is 0. The Kier molecular flexibility index (Phi) is 3.87. The standard InChI is InChI=1S/C11H16O/c1-2-11(12)9-8-10-6-4-3-5-7-10/h10H,2-7H2,1H3. The van der Waals surface area contributed by atoms with Gasteiger partial charge in [-0.2, -0.15) is 0 Å². The highest BCUT2D eigenvalue weighted by Gasteiger charge is 2.09. The summed E-state index contributed by atoms with van der Waals surface area (Å²) in [6.07, 6.45) is 6.88. The van der Waals surface area contributed by atoms with Gasteiger partial charge in [0.2, 0.25) is 5.78 Å². The van der Waals surface area contributed by atoms with E-state index in [1.165, 1.54) is 32.1 Å². The molecule has 1 fully saturated rings. The van der Waals surface area contributed by atoms with E-state index in [2.05, 4.69) is 11.8 Å². The zero-order chi connectivity index (χ0) is 8.81. The molecular weight excluding hydrogens is 148 g/mol. The van der Waals surface area contributed by atoms with Crippen molar-refractivity contribution in [1.82, 2.24) is 0 Å². The number of rotatable bonds is 1. The van der Waals surface area contributed by atoms with E-state index in [4.69, 9.17) is 0 Å². The predicted octanol–water partition coefficient (Wildman–Crippen LogP) is 2.55. The Morgan fingerprint density at radius 3 is 2.58 bits per heavy atom. The molecule has 0 N–H and O–H groups in total. The lowest BCUT2D eigenvalue weighted by Crippen LogP contribution is -2.03. The second kappa shape index (κ2) is 4.98. The summed E-state index contributed by atoms with van der Waals surface area (Å²) in [6, 6.07) is 0. The van der Waals surface area contributed by atoms with E-state index in [0.717, 1.165) is 0 Å². The largest absolute Gasteiger partial charge is 0.285 e. The highest BCUT2D eigenvalue weighted by atomic mass is 16.1. The Hall–Kier alpha value is -0.770. The van der Waals surface area contributed by atoms with E-state index >= 15 is 0 Å². The molecule has 0 aliphatic heterocycles. The highest BCUT2D eigenvalue weighted by molar-refractivity contribution is 5.95. The molecule has 0 aromatic rings. The van der Waals surface area contributed by atoms with E-state index in [1.807, 2.05) is 6.92 Å². The van der Waals surface area contributed by atoms with E-state index < -0.39 is 0 Å². The molecule has 1 nitrogen and oxygen atoms in total. The van der Waals surface area contributed by atoms with Crippen LogP contribution in [0.4, 0.5) is 0 Å². The van der Waals surface area contributed by atoms with Gasteiger partial charge < -0.3 is 0 Å². The zero-order valence-corrected chi connectivity index (χ0v) is 7.73. The normalized spacial score (nSPS) is 18.1. The molecule has 0 amide bonds. The van der Waals surface area contributed by atoms with Gasteiger partial charge in [0.15, 0.2) is 0 Å². The lowest BCUT2D eigenvalue weighted by atomic mass is 9.90. The SMILES string of the molecule is CCC(=O)C#CC1CCCCC1. The molecule has 1 aliphatic rings. The first-order valence-corrected chi connectivity index (χ1v) is 4.87. The molecule has 1 heteroatoms. The Labute approximate surface area is 74.5 Å². The van der Waals surface area contributed by atoms with Crippen molar-refractivity contribution in [2.45, 2.75) is 45.4 Å². The molecular formula is C11H16O. The van der Waals surface area contributed by atoms with Crippen LogP contribution in [0.25, 0.3) is 0 Å². The van der Waals surface area contributed by atoms with Gasteiger partial charge >= 0.3 is 0 Å². The van der Waals surface area contributed by atoms with Gasteiger partial charge in [-0.3, -0.25) is 4.79 Å². The van der Waals surface area contributed by atoms with Crippen LogP contribution in [0, 0.1) is 17.8 Å². The number of carbonyl (C=O) groups excluding carboxylic acids is 1. The third kappa shape index (κ3) is 3.09. The van der Waals surface area contributed by atoms with E-state index in [9.17, 15) is 4.79 Å². The van der Waals surface area contributed by atoms with Gasteiger partial charge in [0.25, 0.3) is 0 Å². The van der Waals surface area contributed by atoms with Gasteiger partial charge in [0.05, 0.1) is 0 Å². The van der Waals surface area contributed by atoms with Gasteiger partial charge in [-0.05, 0) is 18.8 Å². The Bertz CT molecular complexity index is 201. The molecule has 0 heterocycles. The first-order valence-electron chi connectivity index (χ1n) is 4.87. The molecule has 0 aromatic carbocycles. The summed E-state index contributed by atoms with van der Waals surface area (Å²) in [7, 11) is 0. The fourth-order valence-corrected chi connectivity index (χ4v) is 1.52. The molecule has 1 saturated carbocycles. The summed E-state index contributed by atoms with van der Waals surface area (Å²) in [4.78, 5) is 10.9. The molecule has 12 heavy (non-hydrogen) atoms. The third-order valence-corrected chi connectivity index (χ3v) is 2.34. The molecule has 66 valence electrons. The van der Waals surface area contributed by atoms with Crippen molar-refractivity contribution in [2.75, 3.05) is 0 Å². The number of hydrogen-bond acceptors (Lipinski definition) is 1. The highest BCUT2D eigenvalue weighted by Crippen LogP contribution is 2.22. The molecule has 0 unspecified atom stereocenters. The van der Waals surface area contributed by atoms with Gasteiger partial charge in [-0.25, -0.2) is 0 Å². The maximum atomic E-state index is 10.9. The van der Waals surface area contributed by atoms with Crippen molar-refractivity contribution in [1.29, 1.82) is 0 Å². The Morgan fingerprint density at radius 2 is 2.00 bits per heavy atom. The minimum Gasteiger partial charge on any atom is -0.285 e. The maximum Gasteiger partial charge on any atom is 0.205 e. The molecule has 1 rings (SSSR count). The first kappa shape index (κ1) is 9.32. The van der Waals surface area contributed by atoms with Crippen molar-refractivity contribution in [2.24, 2.45) is 5.92 Å². The Morgan fingerprint density at radius 1 is 1.33 bits per heavy atom. The molecule has 0 radical (unpaired) electrons. The minimum atomic E-state index is 0.0839. The van der Waals surface area contributed by atoms with Crippen molar-refractivity contribution >= 4 is 5.78 Å². The monoisotopic (exact) mass is 164 g/mol. The van der Waals surface area contributed by atoms with Crippen LogP contribution in [0.1, 0.15) is 45.4 Å². The van der Waals surface area contributed by atoms with Crippen LogP contribution in [0.2, 0.25) is 0 Å². The number of carbonyl (C=O) groups is 1. The van der Waals surface area contributed by atoms with E-state index in [1.54, 1.807) is 0 Å². The second-order valence-electron chi connectivity index (χ2n) is 3.38. The van der Waals surface area contributed by atoms with E-state index in [0.29, 0.717) is 12.3 Å². The van der Waals surface area contributed by atoms with Crippen LogP contribution >= 0.6 is 0 Å². The molecule has 0 saturated heterocycles. The van der Waals surface area contributed by atoms with Crippen LogP contribution in [-0.2, 0) is 4.79 Å². The van der Waals surface area contributed by atoms with Gasteiger partial charge in [-0.15, -0.1) is 0 Å². The van der Waals surface area contributed by atoms with E-state index in [-0.39, 0.29) is 5.78 Å². The molecule has 0 bridgehead atoms. The molecule has 1 aliphatic carbocycles. The second-order valence-corrected chi connectivity index (χ2v) is 3.38. The third-order valence-electron chi connectivity index (χ3n) is 2.34. The average molecular weight is 164 g/mol. The topological polar surface area (TPSA) is 17.1 Å². The summed E-state index contributed by atoms with van der Waals surface area (Å²) < 4.78 is 0. The predicted molar refractivity (Wildman–Crippen MR) is 49.6 cm³/mol. The smallest absolute Gasteiger partial charge is 0.205 e. The van der Waals surface area contributed by atoms with Crippen molar-refractivity contribution in [3.8, 4) is 11.8 Å². The molecule has 0 atom stereocenters. The maximum absolute atomic E-state index is 10.9. The number of hydrogen-bond donors (Lipinski definition) is 0. The minimum absolute atomic E-state index is 0.0839. The Balaban J connectivity index is 2.35. The van der Waals surface area contributed by atoms with Crippen LogP contribution < -0.4 is 0 Å². The fraction of sp³-hybridized carbons (Fsp3) is 0.727. The van der Waals surface area contributed by atoms with Gasteiger partial charge in [0, 0.05) is 12.3 Å². The van der Waals surface area contributed by atoms with Crippen LogP contribution in [0.15, 0.2) is 0 Å². The molecule has 0 spiro atoms. The summed E-state index contributed by atoms with van der Waals surface area (Å²) in [5.74, 6) is 6.38. The zero-order valence-electron chi connectivity index (χ0n) is 7.73. The van der Waals surface area contributed by atoms with Gasteiger partial charge in [-0.1, -0.05) is 32.1 Å². The number of ketones is 1. The first-order chi connectivity index (χ1) is 5.83. The fourth-order valence-electron chi connectivity index (χ4n) is 1.52. The van der Waals surface area contributed by atoms with Crippen LogP contribution in [0.5, 0.6) is 0 Å². The van der Waals surface area contributed by atoms with Gasteiger partial charge in [0.1, 0.15) is 0 Å².